The smallest absolute Gasteiger partial charge is 0.253 e. The molecule has 0 radical (unpaired) electrons. The van der Waals surface area contributed by atoms with E-state index in [1.165, 1.54) is 5.56 Å². The average molecular weight is 362 g/mol. The molecule has 27 heavy (non-hydrogen) atoms. The predicted octanol–water partition coefficient (Wildman–Crippen LogP) is 4.13. The minimum atomic E-state index is -0.121. The van der Waals surface area contributed by atoms with Crippen LogP contribution in [0.5, 0.6) is 0 Å². The molecule has 0 aliphatic carbocycles. The molecule has 0 unspecified atom stereocenters. The largest absolute Gasteiger partial charge is 0.338 e. The van der Waals surface area contributed by atoms with E-state index in [-0.39, 0.29) is 11.5 Å². The molecule has 4 heteroatoms. The molecule has 0 aliphatic rings. The Balaban J connectivity index is 1.87. The molecular formula is C23H26N2O2. The first kappa shape index (κ1) is 18.9. The number of hydrogen-bond donors (Lipinski definition) is 1. The zero-order chi connectivity index (χ0) is 19.4. The number of H-pyrrole nitrogens is 1. The summed E-state index contributed by atoms with van der Waals surface area (Å²) < 4.78 is 0. The lowest BCUT2D eigenvalue weighted by molar-refractivity contribution is -0.131. The maximum atomic E-state index is 12.6. The number of benzene rings is 2. The molecule has 2 aromatic carbocycles. The standard InChI is InChI=1S/C23H26N2O2/c1-4-21(26)25(13-12-18-8-6-5-7-9-18)15-20-14-19-11-10-16(2)17(3)22(19)24-23(20)27/h5-11,14H,4,12-13,15H2,1-3H3,(H,24,27). The molecule has 0 aliphatic heterocycles. The van der Waals surface area contributed by atoms with E-state index in [9.17, 15) is 9.59 Å². The number of aryl methyl sites for hydroxylation is 2. The zero-order valence-corrected chi connectivity index (χ0v) is 16.2. The van der Waals surface area contributed by atoms with Crippen molar-refractivity contribution in [3.63, 3.8) is 0 Å². The Hall–Kier alpha value is -2.88. The zero-order valence-electron chi connectivity index (χ0n) is 16.2. The Morgan fingerprint density at radius 2 is 1.81 bits per heavy atom. The SMILES string of the molecule is CCC(=O)N(CCc1ccccc1)Cc1cc2ccc(C)c(C)c2[nH]c1=O. The van der Waals surface area contributed by atoms with Crippen molar-refractivity contribution in [1.82, 2.24) is 9.88 Å². The number of carbonyl (C=O) groups excluding carboxylic acids is 1. The minimum Gasteiger partial charge on any atom is -0.338 e. The van der Waals surface area contributed by atoms with Crippen LogP contribution >= 0.6 is 0 Å². The van der Waals surface area contributed by atoms with Gasteiger partial charge in [-0.1, -0.05) is 49.4 Å². The number of aromatic nitrogens is 1. The third-order valence-electron chi connectivity index (χ3n) is 5.16. The van der Waals surface area contributed by atoms with Gasteiger partial charge in [0.05, 0.1) is 12.1 Å². The molecule has 0 saturated heterocycles. The summed E-state index contributed by atoms with van der Waals surface area (Å²) in [7, 11) is 0. The Labute approximate surface area is 159 Å². The predicted molar refractivity (Wildman–Crippen MR) is 110 cm³/mol. The third kappa shape index (κ3) is 4.27. The number of nitrogens with zero attached hydrogens (tertiary/aromatic N) is 1. The first-order chi connectivity index (χ1) is 13.0. The van der Waals surface area contributed by atoms with Crippen molar-refractivity contribution in [3.8, 4) is 0 Å². The van der Waals surface area contributed by atoms with E-state index in [1.807, 2.05) is 51.1 Å². The second kappa shape index (κ2) is 8.21. The van der Waals surface area contributed by atoms with Gasteiger partial charge in [0.15, 0.2) is 0 Å². The summed E-state index contributed by atoms with van der Waals surface area (Å²) in [5, 5.41) is 1.000. The van der Waals surface area contributed by atoms with Crippen molar-refractivity contribution in [1.29, 1.82) is 0 Å². The highest BCUT2D eigenvalue weighted by Gasteiger charge is 2.15. The van der Waals surface area contributed by atoms with Gasteiger partial charge in [-0.05, 0) is 48.4 Å². The molecular weight excluding hydrogens is 336 g/mol. The molecule has 140 valence electrons. The second-order valence-corrected chi connectivity index (χ2v) is 7.00. The van der Waals surface area contributed by atoms with Crippen molar-refractivity contribution in [2.75, 3.05) is 6.54 Å². The van der Waals surface area contributed by atoms with Crippen molar-refractivity contribution >= 4 is 16.8 Å². The van der Waals surface area contributed by atoms with Gasteiger partial charge >= 0.3 is 0 Å². The van der Waals surface area contributed by atoms with E-state index < -0.39 is 0 Å². The van der Waals surface area contributed by atoms with Gasteiger partial charge in [0.1, 0.15) is 0 Å². The van der Waals surface area contributed by atoms with Crippen molar-refractivity contribution in [3.05, 3.63) is 81.1 Å². The Morgan fingerprint density at radius 1 is 1.07 bits per heavy atom. The van der Waals surface area contributed by atoms with Crippen molar-refractivity contribution < 1.29 is 4.79 Å². The van der Waals surface area contributed by atoms with Gasteiger partial charge in [-0.25, -0.2) is 0 Å². The Morgan fingerprint density at radius 3 is 2.52 bits per heavy atom. The van der Waals surface area contributed by atoms with Crippen LogP contribution in [0.4, 0.5) is 0 Å². The maximum absolute atomic E-state index is 12.6. The highest BCUT2D eigenvalue weighted by molar-refractivity contribution is 5.83. The molecule has 0 fully saturated rings. The molecule has 1 amide bonds. The number of carbonyl (C=O) groups is 1. The number of rotatable bonds is 6. The third-order valence-corrected chi connectivity index (χ3v) is 5.16. The topological polar surface area (TPSA) is 53.2 Å². The van der Waals surface area contributed by atoms with Crippen LogP contribution in [-0.4, -0.2) is 22.3 Å². The van der Waals surface area contributed by atoms with E-state index >= 15 is 0 Å². The van der Waals surface area contributed by atoms with Gasteiger partial charge < -0.3 is 9.88 Å². The second-order valence-electron chi connectivity index (χ2n) is 7.00. The van der Waals surface area contributed by atoms with Gasteiger partial charge in [-0.2, -0.15) is 0 Å². The normalized spacial score (nSPS) is 10.9. The molecule has 3 aromatic rings. The number of amides is 1. The fourth-order valence-corrected chi connectivity index (χ4v) is 3.32. The minimum absolute atomic E-state index is 0.0607. The average Bonchev–Trinajstić information content (AvgIpc) is 2.69. The van der Waals surface area contributed by atoms with Crippen LogP contribution in [0.3, 0.4) is 0 Å². The first-order valence-electron chi connectivity index (χ1n) is 9.43. The molecule has 4 nitrogen and oxygen atoms in total. The van der Waals surface area contributed by atoms with Crippen LogP contribution < -0.4 is 5.56 Å². The van der Waals surface area contributed by atoms with Gasteiger partial charge in [-0.3, -0.25) is 9.59 Å². The molecule has 0 atom stereocenters. The maximum Gasteiger partial charge on any atom is 0.253 e. The van der Waals surface area contributed by atoms with Crippen molar-refractivity contribution in [2.45, 2.75) is 40.2 Å². The summed E-state index contributed by atoms with van der Waals surface area (Å²) in [6.45, 7) is 6.83. The van der Waals surface area contributed by atoms with Gasteiger partial charge in [0.2, 0.25) is 5.91 Å². The van der Waals surface area contributed by atoms with Gasteiger partial charge in [-0.15, -0.1) is 0 Å². The van der Waals surface area contributed by atoms with Crippen LogP contribution in [0.1, 0.15) is 35.6 Å². The molecule has 0 bridgehead atoms. The summed E-state index contributed by atoms with van der Waals surface area (Å²) >= 11 is 0. The lowest BCUT2D eigenvalue weighted by Gasteiger charge is -2.22. The van der Waals surface area contributed by atoms with E-state index in [0.29, 0.717) is 25.1 Å². The summed E-state index contributed by atoms with van der Waals surface area (Å²) in [5.74, 6) is 0.0607. The fourth-order valence-electron chi connectivity index (χ4n) is 3.32. The van der Waals surface area contributed by atoms with Crippen LogP contribution in [-0.2, 0) is 17.8 Å². The fraction of sp³-hybridized carbons (Fsp3) is 0.304. The lowest BCUT2D eigenvalue weighted by Crippen LogP contribution is -2.34. The highest BCUT2D eigenvalue weighted by atomic mass is 16.2. The molecule has 0 saturated carbocycles. The number of pyridine rings is 1. The molecule has 0 spiro atoms. The Bertz CT molecular complexity index is 1010. The molecule has 1 aromatic heterocycles. The van der Waals surface area contributed by atoms with Gasteiger partial charge in [0.25, 0.3) is 5.56 Å². The number of aromatic amines is 1. The number of nitrogens with one attached hydrogen (secondary N) is 1. The molecule has 1 N–H and O–H groups in total. The lowest BCUT2D eigenvalue weighted by atomic mass is 10.0. The first-order valence-corrected chi connectivity index (χ1v) is 9.43. The quantitative estimate of drug-likeness (QED) is 0.717. The van der Waals surface area contributed by atoms with E-state index in [0.717, 1.165) is 28.5 Å². The summed E-state index contributed by atoms with van der Waals surface area (Å²) in [5.41, 5.74) is 4.80. The highest BCUT2D eigenvalue weighted by Crippen LogP contribution is 2.19. The summed E-state index contributed by atoms with van der Waals surface area (Å²) in [4.78, 5) is 29.8. The van der Waals surface area contributed by atoms with Crippen LogP contribution in [0, 0.1) is 13.8 Å². The molecule has 1 heterocycles. The molecule has 3 rings (SSSR count). The van der Waals surface area contributed by atoms with Crippen LogP contribution in [0.2, 0.25) is 0 Å². The van der Waals surface area contributed by atoms with E-state index in [2.05, 4.69) is 23.2 Å². The van der Waals surface area contributed by atoms with Crippen LogP contribution in [0.25, 0.3) is 10.9 Å². The summed E-state index contributed by atoms with van der Waals surface area (Å²) in [6, 6.07) is 16.1. The summed E-state index contributed by atoms with van der Waals surface area (Å²) in [6.07, 6.45) is 1.20. The number of hydrogen-bond acceptors (Lipinski definition) is 2. The number of fused-ring (bicyclic) bond motifs is 1. The van der Waals surface area contributed by atoms with Gasteiger partial charge in [0, 0.05) is 18.5 Å². The Kier molecular flexibility index (Phi) is 5.75. The monoisotopic (exact) mass is 362 g/mol. The van der Waals surface area contributed by atoms with E-state index in [4.69, 9.17) is 0 Å². The van der Waals surface area contributed by atoms with E-state index in [1.54, 1.807) is 4.90 Å². The van der Waals surface area contributed by atoms with Crippen molar-refractivity contribution in [2.24, 2.45) is 0 Å². The van der Waals surface area contributed by atoms with Crippen LogP contribution in [0.15, 0.2) is 53.3 Å².